The largest absolute Gasteiger partial charge is 0.351 e. The highest BCUT2D eigenvalue weighted by Gasteiger charge is 2.21. The number of nitrogens with one attached hydrogen (secondary N) is 1. The highest BCUT2D eigenvalue weighted by molar-refractivity contribution is 7.99. The van der Waals surface area contributed by atoms with Crippen molar-refractivity contribution in [2.45, 2.75) is 46.0 Å². The zero-order valence-electron chi connectivity index (χ0n) is 17.0. The summed E-state index contributed by atoms with van der Waals surface area (Å²) in [5.41, 5.74) is 2.46. The number of aromatic nitrogens is 2. The molecule has 6 nitrogen and oxygen atoms in total. The topological polar surface area (TPSA) is 71.3 Å². The van der Waals surface area contributed by atoms with Gasteiger partial charge in [0, 0.05) is 33.1 Å². The van der Waals surface area contributed by atoms with Gasteiger partial charge in [-0.2, -0.15) is 4.98 Å². The minimum Gasteiger partial charge on any atom is -0.351 e. The molecule has 1 aromatic heterocycles. The van der Waals surface area contributed by atoms with Crippen LogP contribution in [0, 0.1) is 18.8 Å². The highest BCUT2D eigenvalue weighted by atomic mass is 32.2. The maximum atomic E-state index is 12.0. The molecule has 0 spiro atoms. The minimum atomic E-state index is 0.0191. The van der Waals surface area contributed by atoms with Gasteiger partial charge in [0.05, 0.1) is 11.5 Å². The van der Waals surface area contributed by atoms with Gasteiger partial charge in [-0.05, 0) is 29.4 Å². The van der Waals surface area contributed by atoms with Crippen LogP contribution in [0.2, 0.25) is 0 Å². The molecule has 1 amide bonds. The molecular weight excluding hydrogens is 372 g/mol. The number of carbonyl (C=O) groups is 1. The molecule has 1 aliphatic rings. The summed E-state index contributed by atoms with van der Waals surface area (Å²) in [4.78, 5) is 18.7. The van der Waals surface area contributed by atoms with E-state index in [0.717, 1.165) is 23.9 Å². The number of rotatable bonds is 8. The predicted molar refractivity (Wildman–Crippen MR) is 112 cm³/mol. The van der Waals surface area contributed by atoms with Crippen LogP contribution in [-0.2, 0) is 23.6 Å². The lowest BCUT2D eigenvalue weighted by Crippen LogP contribution is -2.38. The van der Waals surface area contributed by atoms with Gasteiger partial charge in [0.2, 0.25) is 11.8 Å². The monoisotopic (exact) mass is 402 g/mol. The number of hydrogen-bond donors (Lipinski definition) is 1. The van der Waals surface area contributed by atoms with Gasteiger partial charge in [-0.15, -0.1) is 11.8 Å². The molecule has 0 radical (unpaired) electrons. The van der Waals surface area contributed by atoms with Crippen LogP contribution >= 0.6 is 11.8 Å². The molecule has 2 unspecified atom stereocenters. The smallest absolute Gasteiger partial charge is 0.230 e. The first kappa shape index (κ1) is 20.9. The molecule has 152 valence electrons. The Morgan fingerprint density at radius 1 is 1.21 bits per heavy atom. The highest BCUT2D eigenvalue weighted by Crippen LogP contribution is 2.22. The van der Waals surface area contributed by atoms with Crippen LogP contribution in [0.5, 0.6) is 0 Å². The normalized spacial score (nSPS) is 20.2. The third-order valence-electron chi connectivity index (χ3n) is 4.90. The lowest BCUT2D eigenvalue weighted by Gasteiger charge is -2.35. The SMILES string of the molecule is Cc1nc(CSCC(=O)NCc2ccc(CN3CC(C)CC(C)C3)cc2)no1. The Morgan fingerprint density at radius 3 is 2.54 bits per heavy atom. The maximum Gasteiger partial charge on any atom is 0.230 e. The molecule has 28 heavy (non-hydrogen) atoms. The summed E-state index contributed by atoms with van der Waals surface area (Å²) >= 11 is 1.48. The number of benzene rings is 1. The van der Waals surface area contributed by atoms with E-state index in [4.69, 9.17) is 4.52 Å². The molecule has 3 rings (SSSR count). The first-order valence-electron chi connectivity index (χ1n) is 9.91. The standard InChI is InChI=1S/C21H30N4O2S/c1-15-8-16(2)11-25(10-15)12-19-6-4-18(5-7-19)9-22-21(26)14-28-13-20-23-17(3)27-24-20/h4-7,15-16H,8-14H2,1-3H3,(H,22,26). The third kappa shape index (κ3) is 6.63. The van der Waals surface area contributed by atoms with Crippen LogP contribution in [0.1, 0.15) is 43.1 Å². The molecule has 1 aliphatic heterocycles. The third-order valence-corrected chi connectivity index (χ3v) is 5.83. The molecule has 2 atom stereocenters. The Bertz CT molecular complexity index is 752. The summed E-state index contributed by atoms with van der Waals surface area (Å²) in [7, 11) is 0. The maximum absolute atomic E-state index is 12.0. The number of aryl methyl sites for hydroxylation is 1. The van der Waals surface area contributed by atoms with Gasteiger partial charge in [0.1, 0.15) is 0 Å². The average Bonchev–Trinajstić information content (AvgIpc) is 3.05. The second-order valence-corrected chi connectivity index (χ2v) is 8.94. The number of hydrogen-bond acceptors (Lipinski definition) is 6. The van der Waals surface area contributed by atoms with Gasteiger partial charge in [0.25, 0.3) is 0 Å². The van der Waals surface area contributed by atoms with Crippen molar-refractivity contribution in [2.24, 2.45) is 11.8 Å². The molecule has 0 aliphatic carbocycles. The van der Waals surface area contributed by atoms with E-state index in [1.54, 1.807) is 6.92 Å². The predicted octanol–water partition coefficient (Wildman–Crippen LogP) is 3.41. The van der Waals surface area contributed by atoms with Crippen molar-refractivity contribution in [1.29, 1.82) is 0 Å². The van der Waals surface area contributed by atoms with Gasteiger partial charge in [-0.25, -0.2) is 0 Å². The fraction of sp³-hybridized carbons (Fsp3) is 0.571. The number of amides is 1. The molecule has 0 saturated carbocycles. The van der Waals surface area contributed by atoms with E-state index in [2.05, 4.69) is 58.5 Å². The van der Waals surface area contributed by atoms with E-state index >= 15 is 0 Å². The second kappa shape index (κ2) is 10.1. The van der Waals surface area contributed by atoms with Crippen molar-refractivity contribution >= 4 is 17.7 Å². The lowest BCUT2D eigenvalue weighted by atomic mass is 9.91. The Hall–Kier alpha value is -1.86. The van der Waals surface area contributed by atoms with Gasteiger partial charge < -0.3 is 9.84 Å². The molecule has 1 N–H and O–H groups in total. The molecule has 1 aromatic carbocycles. The number of nitrogens with zero attached hydrogens (tertiary/aromatic N) is 3. The van der Waals surface area contributed by atoms with E-state index in [9.17, 15) is 4.79 Å². The van der Waals surface area contributed by atoms with E-state index in [1.807, 2.05) is 0 Å². The Balaban J connectivity index is 1.37. The van der Waals surface area contributed by atoms with E-state index in [-0.39, 0.29) is 5.91 Å². The molecule has 2 heterocycles. The summed E-state index contributed by atoms with van der Waals surface area (Å²) in [5, 5.41) is 6.79. The van der Waals surface area contributed by atoms with Crippen molar-refractivity contribution in [1.82, 2.24) is 20.4 Å². The first-order chi connectivity index (χ1) is 13.5. The first-order valence-corrected chi connectivity index (χ1v) is 11.1. The van der Waals surface area contributed by atoms with Crippen LogP contribution in [-0.4, -0.2) is 39.8 Å². The van der Waals surface area contributed by atoms with Gasteiger partial charge in [0.15, 0.2) is 5.82 Å². The molecule has 7 heteroatoms. The number of likely N-dealkylation sites (tertiary alicyclic amines) is 1. The van der Waals surface area contributed by atoms with Gasteiger partial charge >= 0.3 is 0 Å². The fourth-order valence-electron chi connectivity index (χ4n) is 3.83. The van der Waals surface area contributed by atoms with Crippen molar-refractivity contribution < 1.29 is 9.32 Å². The molecule has 1 fully saturated rings. The summed E-state index contributed by atoms with van der Waals surface area (Å²) in [6.45, 7) is 10.4. The number of carbonyl (C=O) groups excluding carboxylic acids is 1. The Kier molecular flexibility index (Phi) is 7.50. The summed E-state index contributed by atoms with van der Waals surface area (Å²) in [6.07, 6.45) is 1.34. The van der Waals surface area contributed by atoms with Crippen LogP contribution in [0.3, 0.4) is 0 Å². The summed E-state index contributed by atoms with van der Waals surface area (Å²) < 4.78 is 4.92. The molecule has 0 bridgehead atoms. The van der Waals surface area contributed by atoms with Crippen molar-refractivity contribution in [3.05, 3.63) is 47.1 Å². The van der Waals surface area contributed by atoms with Gasteiger partial charge in [-0.1, -0.05) is 43.3 Å². The molecule has 1 saturated heterocycles. The summed E-state index contributed by atoms with van der Waals surface area (Å²) in [5.74, 6) is 3.71. The minimum absolute atomic E-state index is 0.0191. The fourth-order valence-corrected chi connectivity index (χ4v) is 4.52. The Morgan fingerprint density at radius 2 is 1.89 bits per heavy atom. The zero-order chi connectivity index (χ0) is 19.9. The van der Waals surface area contributed by atoms with Crippen LogP contribution in [0.15, 0.2) is 28.8 Å². The van der Waals surface area contributed by atoms with E-state index in [0.29, 0.717) is 29.8 Å². The lowest BCUT2D eigenvalue weighted by molar-refractivity contribution is -0.118. The molecular formula is C21H30N4O2S. The summed E-state index contributed by atoms with van der Waals surface area (Å²) in [6, 6.07) is 8.58. The Labute approximate surface area is 171 Å². The number of piperidine rings is 1. The van der Waals surface area contributed by atoms with Crippen LogP contribution in [0.25, 0.3) is 0 Å². The quantitative estimate of drug-likeness (QED) is 0.730. The molecule has 2 aromatic rings. The second-order valence-electron chi connectivity index (χ2n) is 7.96. The average molecular weight is 403 g/mol. The zero-order valence-corrected chi connectivity index (χ0v) is 17.8. The van der Waals surface area contributed by atoms with E-state index in [1.165, 1.54) is 36.8 Å². The van der Waals surface area contributed by atoms with Gasteiger partial charge in [-0.3, -0.25) is 9.69 Å². The van der Waals surface area contributed by atoms with Crippen molar-refractivity contribution in [3.8, 4) is 0 Å². The van der Waals surface area contributed by atoms with Crippen LogP contribution in [0.4, 0.5) is 0 Å². The number of thioether (sulfide) groups is 1. The van der Waals surface area contributed by atoms with Crippen molar-refractivity contribution in [3.63, 3.8) is 0 Å². The van der Waals surface area contributed by atoms with Crippen molar-refractivity contribution in [2.75, 3.05) is 18.8 Å². The van der Waals surface area contributed by atoms with Crippen LogP contribution < -0.4 is 5.32 Å². The van der Waals surface area contributed by atoms with E-state index < -0.39 is 0 Å².